The van der Waals surface area contributed by atoms with Gasteiger partial charge in [-0.25, -0.2) is 0 Å². The molecule has 0 spiro atoms. The van der Waals surface area contributed by atoms with Crippen LogP contribution in [-0.2, 0) is 0 Å². The second-order valence-electron chi connectivity index (χ2n) is 4.67. The zero-order chi connectivity index (χ0) is 12.8. The average molecular weight is 296 g/mol. The minimum Gasteiger partial charge on any atom is -0.310 e. The summed E-state index contributed by atoms with van der Waals surface area (Å²) in [6.07, 6.45) is 2.16. The molecule has 0 saturated carbocycles. The topological polar surface area (TPSA) is 12.0 Å². The predicted molar refractivity (Wildman–Crippen MR) is 79.3 cm³/mol. The van der Waals surface area contributed by atoms with Gasteiger partial charge in [-0.05, 0) is 56.5 Å². The third kappa shape index (κ3) is 4.64. The van der Waals surface area contributed by atoms with Crippen LogP contribution in [0.2, 0.25) is 0 Å². The van der Waals surface area contributed by atoms with Gasteiger partial charge in [0, 0.05) is 10.5 Å². The summed E-state index contributed by atoms with van der Waals surface area (Å²) >= 11 is 3.51. The summed E-state index contributed by atoms with van der Waals surface area (Å²) in [5, 5.41) is 3.60. The van der Waals surface area contributed by atoms with Crippen LogP contribution in [0.1, 0.15) is 43.9 Å². The highest BCUT2D eigenvalue weighted by Crippen LogP contribution is 2.25. The Morgan fingerprint density at radius 1 is 1.47 bits per heavy atom. The molecule has 1 unspecified atom stereocenters. The summed E-state index contributed by atoms with van der Waals surface area (Å²) < 4.78 is 1.14. The summed E-state index contributed by atoms with van der Waals surface area (Å²) in [4.78, 5) is 0. The fraction of sp³-hybridized carbons (Fsp3) is 0.467. The van der Waals surface area contributed by atoms with Crippen molar-refractivity contribution in [1.29, 1.82) is 0 Å². The minimum atomic E-state index is 0.389. The molecule has 1 aromatic carbocycles. The van der Waals surface area contributed by atoms with Crippen molar-refractivity contribution in [2.75, 3.05) is 6.54 Å². The predicted octanol–water partition coefficient (Wildman–Crippen LogP) is 4.76. The number of aryl methyl sites for hydroxylation is 1. The van der Waals surface area contributed by atoms with E-state index in [1.54, 1.807) is 0 Å². The zero-order valence-electron chi connectivity index (χ0n) is 11.0. The molecule has 0 amide bonds. The Balaban J connectivity index is 2.90. The highest BCUT2D eigenvalue weighted by atomic mass is 79.9. The number of halogens is 1. The number of hydrogen-bond acceptors (Lipinski definition) is 1. The van der Waals surface area contributed by atoms with Gasteiger partial charge < -0.3 is 5.32 Å². The van der Waals surface area contributed by atoms with Crippen LogP contribution in [0.15, 0.2) is 34.8 Å². The van der Waals surface area contributed by atoms with Crippen LogP contribution in [0, 0.1) is 6.92 Å². The van der Waals surface area contributed by atoms with E-state index in [9.17, 15) is 0 Å². The van der Waals surface area contributed by atoms with Gasteiger partial charge in [0.25, 0.3) is 0 Å². The first-order chi connectivity index (χ1) is 8.04. The van der Waals surface area contributed by atoms with Crippen molar-refractivity contribution in [3.8, 4) is 0 Å². The smallest absolute Gasteiger partial charge is 0.0360 e. The van der Waals surface area contributed by atoms with Crippen molar-refractivity contribution < 1.29 is 0 Å². The lowest BCUT2D eigenvalue weighted by atomic mass is 9.96. The van der Waals surface area contributed by atoms with E-state index < -0.39 is 0 Å². The lowest BCUT2D eigenvalue weighted by Crippen LogP contribution is -2.23. The normalized spacial score (nSPS) is 12.5. The number of rotatable bonds is 6. The molecule has 0 saturated heterocycles. The SMILES string of the molecule is C=C(C)CC(NCCC)c1ccc(Br)cc1C. The molecule has 0 aliphatic heterocycles. The quantitative estimate of drug-likeness (QED) is 0.746. The molecule has 0 bridgehead atoms. The lowest BCUT2D eigenvalue weighted by Gasteiger charge is -2.21. The van der Waals surface area contributed by atoms with E-state index in [0.29, 0.717) is 6.04 Å². The minimum absolute atomic E-state index is 0.389. The summed E-state index contributed by atoms with van der Waals surface area (Å²) in [6.45, 7) is 11.5. The highest BCUT2D eigenvalue weighted by Gasteiger charge is 2.13. The molecule has 0 fully saturated rings. The monoisotopic (exact) mass is 295 g/mol. The van der Waals surface area contributed by atoms with E-state index in [1.165, 1.54) is 16.7 Å². The van der Waals surface area contributed by atoms with Gasteiger partial charge in [-0.15, -0.1) is 6.58 Å². The van der Waals surface area contributed by atoms with E-state index >= 15 is 0 Å². The number of nitrogens with one attached hydrogen (secondary N) is 1. The molecule has 0 aliphatic rings. The van der Waals surface area contributed by atoms with Crippen LogP contribution in [0.5, 0.6) is 0 Å². The number of benzene rings is 1. The van der Waals surface area contributed by atoms with Gasteiger partial charge in [0.15, 0.2) is 0 Å². The summed E-state index contributed by atoms with van der Waals surface area (Å²) in [5.74, 6) is 0. The molecule has 1 rings (SSSR count). The first-order valence-electron chi connectivity index (χ1n) is 6.18. The van der Waals surface area contributed by atoms with Gasteiger partial charge in [-0.2, -0.15) is 0 Å². The van der Waals surface area contributed by atoms with Crippen LogP contribution in [-0.4, -0.2) is 6.54 Å². The fourth-order valence-corrected chi connectivity index (χ4v) is 2.46. The maximum Gasteiger partial charge on any atom is 0.0360 e. The van der Waals surface area contributed by atoms with Crippen molar-refractivity contribution in [3.05, 3.63) is 46.0 Å². The molecule has 17 heavy (non-hydrogen) atoms. The average Bonchev–Trinajstić information content (AvgIpc) is 2.24. The molecule has 1 N–H and O–H groups in total. The molecule has 0 heterocycles. The Morgan fingerprint density at radius 2 is 2.18 bits per heavy atom. The third-order valence-electron chi connectivity index (χ3n) is 2.80. The Morgan fingerprint density at radius 3 is 2.71 bits per heavy atom. The van der Waals surface area contributed by atoms with Gasteiger partial charge in [-0.1, -0.05) is 34.5 Å². The standard InChI is InChI=1S/C15H22BrN/c1-5-8-17-15(9-11(2)3)14-7-6-13(16)10-12(14)4/h6-7,10,15,17H,2,5,8-9H2,1,3-4H3. The Hall–Kier alpha value is -0.600. The van der Waals surface area contributed by atoms with Crippen molar-refractivity contribution in [3.63, 3.8) is 0 Å². The van der Waals surface area contributed by atoms with Gasteiger partial charge in [-0.3, -0.25) is 0 Å². The molecule has 0 aliphatic carbocycles. The van der Waals surface area contributed by atoms with E-state index in [2.05, 4.69) is 66.8 Å². The van der Waals surface area contributed by atoms with Crippen molar-refractivity contribution in [2.45, 2.75) is 39.7 Å². The maximum atomic E-state index is 4.03. The van der Waals surface area contributed by atoms with E-state index in [-0.39, 0.29) is 0 Å². The summed E-state index contributed by atoms with van der Waals surface area (Å²) in [5.41, 5.74) is 3.93. The van der Waals surface area contributed by atoms with Crippen molar-refractivity contribution in [2.24, 2.45) is 0 Å². The molecule has 1 aromatic rings. The molecule has 2 heteroatoms. The zero-order valence-corrected chi connectivity index (χ0v) is 12.6. The van der Waals surface area contributed by atoms with Crippen LogP contribution in [0.4, 0.5) is 0 Å². The molecule has 0 radical (unpaired) electrons. The van der Waals surface area contributed by atoms with E-state index in [4.69, 9.17) is 0 Å². The summed E-state index contributed by atoms with van der Waals surface area (Å²) in [7, 11) is 0. The van der Waals surface area contributed by atoms with Gasteiger partial charge in [0.1, 0.15) is 0 Å². The van der Waals surface area contributed by atoms with E-state index in [1.807, 2.05) is 0 Å². The van der Waals surface area contributed by atoms with Crippen LogP contribution in [0.3, 0.4) is 0 Å². The van der Waals surface area contributed by atoms with Crippen LogP contribution >= 0.6 is 15.9 Å². The molecule has 1 nitrogen and oxygen atoms in total. The Bertz CT molecular complexity index is 385. The van der Waals surface area contributed by atoms with Crippen LogP contribution in [0.25, 0.3) is 0 Å². The molecule has 94 valence electrons. The summed E-state index contributed by atoms with van der Waals surface area (Å²) in [6, 6.07) is 6.88. The molecular formula is C15H22BrN. The largest absolute Gasteiger partial charge is 0.310 e. The second kappa shape index (κ2) is 6.97. The number of hydrogen-bond donors (Lipinski definition) is 1. The molecular weight excluding hydrogens is 274 g/mol. The van der Waals surface area contributed by atoms with Crippen molar-refractivity contribution >= 4 is 15.9 Å². The van der Waals surface area contributed by atoms with Crippen LogP contribution < -0.4 is 5.32 Å². The molecule has 1 atom stereocenters. The Kier molecular flexibility index (Phi) is 5.93. The van der Waals surface area contributed by atoms with Crippen molar-refractivity contribution in [1.82, 2.24) is 5.32 Å². The highest BCUT2D eigenvalue weighted by molar-refractivity contribution is 9.10. The molecule has 0 aromatic heterocycles. The first-order valence-corrected chi connectivity index (χ1v) is 6.97. The maximum absolute atomic E-state index is 4.03. The van der Waals surface area contributed by atoms with Gasteiger partial charge in [0.05, 0.1) is 0 Å². The Labute approximate surface area is 113 Å². The van der Waals surface area contributed by atoms with Gasteiger partial charge >= 0.3 is 0 Å². The van der Waals surface area contributed by atoms with Gasteiger partial charge in [0.2, 0.25) is 0 Å². The first kappa shape index (κ1) is 14.5. The fourth-order valence-electron chi connectivity index (χ4n) is 1.99. The second-order valence-corrected chi connectivity index (χ2v) is 5.58. The van der Waals surface area contributed by atoms with E-state index in [0.717, 1.165) is 23.9 Å². The lowest BCUT2D eigenvalue weighted by molar-refractivity contribution is 0.526. The third-order valence-corrected chi connectivity index (χ3v) is 3.29.